The van der Waals surface area contributed by atoms with Gasteiger partial charge in [-0.05, 0) is 117 Å². The molecule has 10 heteroatoms. The molecule has 342 valence electrons. The minimum Gasteiger partial charge on any atom is -0.489 e. The Kier molecular flexibility index (Phi) is 15.6. The van der Waals surface area contributed by atoms with Crippen LogP contribution in [-0.2, 0) is 49.1 Å². The Hall–Kier alpha value is -8.50. The molecule has 0 aliphatic carbocycles. The second kappa shape index (κ2) is 23.1. The summed E-state index contributed by atoms with van der Waals surface area (Å²) in [7, 11) is 2.70. The monoisotopic (exact) mass is 906 g/mol. The summed E-state index contributed by atoms with van der Waals surface area (Å²) in [5.41, 5.74) is 8.65. The second-order valence-electron chi connectivity index (χ2n) is 15.8. The topological polar surface area (TPSA) is 108 Å². The molecule has 0 unspecified atom stereocenters. The van der Waals surface area contributed by atoms with Gasteiger partial charge in [0.05, 0.1) is 25.3 Å². The van der Waals surface area contributed by atoms with Gasteiger partial charge in [0.15, 0.2) is 0 Å². The van der Waals surface area contributed by atoms with Gasteiger partial charge < -0.3 is 37.9 Å². The zero-order chi connectivity index (χ0) is 46.9. The Bertz CT molecular complexity index is 2720. The lowest BCUT2D eigenvalue weighted by Crippen LogP contribution is -2.03. The number of carbonyl (C=O) groups is 2. The van der Waals surface area contributed by atoms with E-state index in [0.717, 1.165) is 50.3 Å². The maximum Gasteiger partial charge on any atom is 0.337 e. The largest absolute Gasteiger partial charge is 0.489 e. The van der Waals surface area contributed by atoms with E-state index in [9.17, 15) is 9.59 Å². The highest BCUT2D eigenvalue weighted by Gasteiger charge is 2.11. The number of carbonyl (C=O) groups excluding carboxylic acids is 2. The quantitative estimate of drug-likeness (QED) is 0.0647. The van der Waals surface area contributed by atoms with Gasteiger partial charge in [-0.2, -0.15) is 0 Å². The van der Waals surface area contributed by atoms with Crippen LogP contribution in [0, 0.1) is 0 Å². The number of hydrogen-bond donors (Lipinski definition) is 0. The fourth-order valence-corrected chi connectivity index (χ4v) is 7.11. The summed E-state index contributed by atoms with van der Waals surface area (Å²) < 4.78 is 46.9. The van der Waals surface area contributed by atoms with Crippen molar-refractivity contribution in [1.82, 2.24) is 0 Å². The van der Waals surface area contributed by atoms with E-state index in [1.165, 1.54) is 14.2 Å². The zero-order valence-electron chi connectivity index (χ0n) is 37.8. The first kappa shape index (κ1) is 46.0. The molecule has 0 aliphatic rings. The van der Waals surface area contributed by atoms with Crippen LogP contribution in [-0.4, -0.2) is 26.2 Å². The number of rotatable bonds is 21. The normalized spacial score (nSPS) is 10.7. The molecular formula is C58H50O10. The van der Waals surface area contributed by atoms with Crippen LogP contribution in [0.3, 0.4) is 0 Å². The van der Waals surface area contributed by atoms with Gasteiger partial charge in [-0.15, -0.1) is 0 Å². The van der Waals surface area contributed by atoms with Crippen molar-refractivity contribution in [3.05, 3.63) is 239 Å². The fraction of sp³-hybridized carbons (Fsp3) is 0.138. The Morgan fingerprint density at radius 2 is 0.574 bits per heavy atom. The second-order valence-corrected chi connectivity index (χ2v) is 15.8. The number of hydrogen-bond acceptors (Lipinski definition) is 10. The molecule has 0 bridgehead atoms. The highest BCUT2D eigenvalue weighted by molar-refractivity contribution is 5.89. The molecule has 0 aromatic heterocycles. The lowest BCUT2D eigenvalue weighted by Gasteiger charge is -2.14. The summed E-state index contributed by atoms with van der Waals surface area (Å²) in [6.07, 6.45) is 0. The van der Waals surface area contributed by atoms with Crippen molar-refractivity contribution in [2.75, 3.05) is 14.2 Å². The maximum atomic E-state index is 11.9. The van der Waals surface area contributed by atoms with Gasteiger partial charge >= 0.3 is 11.9 Å². The van der Waals surface area contributed by atoms with E-state index in [0.29, 0.717) is 59.7 Å². The molecule has 0 spiro atoms. The number of ether oxygens (including phenoxy) is 8. The zero-order valence-corrected chi connectivity index (χ0v) is 37.8. The van der Waals surface area contributed by atoms with Crippen LogP contribution in [0.15, 0.2) is 194 Å². The van der Waals surface area contributed by atoms with Crippen LogP contribution < -0.4 is 28.4 Å². The van der Waals surface area contributed by atoms with Crippen molar-refractivity contribution in [3.63, 3.8) is 0 Å². The predicted octanol–water partition coefficient (Wildman–Crippen LogP) is 12.4. The van der Waals surface area contributed by atoms with Crippen molar-refractivity contribution < 1.29 is 47.5 Å². The Morgan fingerprint density at radius 3 is 0.882 bits per heavy atom. The van der Waals surface area contributed by atoms with Gasteiger partial charge in [-0.3, -0.25) is 0 Å². The smallest absolute Gasteiger partial charge is 0.337 e. The SMILES string of the molecule is COC(=O)c1ccc(COc2cc(COc3ccc(-c4ccc(OCc5cc(OCc6ccccc6)cc(OCc6ccccc6)c5)cc4)cc3)cc(OCc3ccc(C(=O)OC)cc3)c2)cc1. The van der Waals surface area contributed by atoms with E-state index in [2.05, 4.69) is 0 Å². The molecule has 0 saturated carbocycles. The first-order valence-electron chi connectivity index (χ1n) is 22.0. The van der Waals surface area contributed by atoms with E-state index in [4.69, 9.17) is 37.9 Å². The first-order valence-corrected chi connectivity index (χ1v) is 22.0. The van der Waals surface area contributed by atoms with Crippen LogP contribution in [0.5, 0.6) is 34.5 Å². The highest BCUT2D eigenvalue weighted by Crippen LogP contribution is 2.30. The summed E-state index contributed by atoms with van der Waals surface area (Å²) in [4.78, 5) is 23.8. The molecule has 8 aromatic rings. The van der Waals surface area contributed by atoms with E-state index in [1.54, 1.807) is 24.3 Å². The van der Waals surface area contributed by atoms with Gasteiger partial charge in [-0.25, -0.2) is 9.59 Å². The third kappa shape index (κ3) is 13.3. The molecule has 10 nitrogen and oxygen atoms in total. The standard InChI is InChI=1S/C58H50O10/c1-61-57(59)49-17-13-43(14-18-49)37-67-55-31-46(32-56(34-55)68-38-44-15-19-50(20-16-44)58(60)62-2)40-64-52-27-23-48(24-28-52)47-21-25-51(26-22-47)63-39-45-29-53(65-35-41-9-5-3-6-10-41)33-54(30-45)66-36-42-11-7-4-8-12-42/h3-34H,35-40H2,1-2H3. The minimum absolute atomic E-state index is 0.253. The third-order valence-electron chi connectivity index (χ3n) is 10.8. The van der Waals surface area contributed by atoms with Crippen molar-refractivity contribution in [1.29, 1.82) is 0 Å². The lowest BCUT2D eigenvalue weighted by atomic mass is 10.1. The molecule has 0 radical (unpaired) electrons. The number of benzene rings is 8. The number of methoxy groups -OCH3 is 2. The van der Waals surface area contributed by atoms with Crippen molar-refractivity contribution in [2.45, 2.75) is 39.6 Å². The summed E-state index contributed by atoms with van der Waals surface area (Å²) >= 11 is 0. The first-order chi connectivity index (χ1) is 33.3. The Morgan fingerprint density at radius 1 is 0.294 bits per heavy atom. The van der Waals surface area contributed by atoms with Crippen LogP contribution in [0.4, 0.5) is 0 Å². The molecule has 0 N–H and O–H groups in total. The average molecular weight is 907 g/mol. The molecule has 0 saturated heterocycles. The third-order valence-corrected chi connectivity index (χ3v) is 10.8. The molecule has 0 aliphatic heterocycles. The summed E-state index contributed by atoms with van der Waals surface area (Å²) in [6.45, 7) is 1.99. The Balaban J connectivity index is 0.889. The van der Waals surface area contributed by atoms with Crippen molar-refractivity contribution in [2.24, 2.45) is 0 Å². The molecule has 0 amide bonds. The van der Waals surface area contributed by atoms with Crippen LogP contribution in [0.2, 0.25) is 0 Å². The lowest BCUT2D eigenvalue weighted by molar-refractivity contribution is 0.0592. The molecule has 0 atom stereocenters. The van der Waals surface area contributed by atoms with Crippen LogP contribution >= 0.6 is 0 Å². The predicted molar refractivity (Wildman–Crippen MR) is 259 cm³/mol. The van der Waals surface area contributed by atoms with Crippen molar-refractivity contribution >= 4 is 11.9 Å². The summed E-state index contributed by atoms with van der Waals surface area (Å²) in [6, 6.07) is 61.7. The maximum absolute atomic E-state index is 11.9. The van der Waals surface area contributed by atoms with E-state index >= 15 is 0 Å². The van der Waals surface area contributed by atoms with Gasteiger partial charge in [-0.1, -0.05) is 109 Å². The van der Waals surface area contributed by atoms with E-state index < -0.39 is 11.9 Å². The minimum atomic E-state index is -0.401. The molecular weight excluding hydrogens is 857 g/mol. The molecule has 0 fully saturated rings. The fourth-order valence-electron chi connectivity index (χ4n) is 7.11. The molecule has 68 heavy (non-hydrogen) atoms. The van der Waals surface area contributed by atoms with Gasteiger partial charge in [0.25, 0.3) is 0 Å². The average Bonchev–Trinajstić information content (AvgIpc) is 3.40. The van der Waals surface area contributed by atoms with Gasteiger partial charge in [0.1, 0.15) is 74.1 Å². The molecule has 0 heterocycles. The Labute approximate surface area is 396 Å². The summed E-state index contributed by atoms with van der Waals surface area (Å²) in [5, 5.41) is 0. The van der Waals surface area contributed by atoms with Gasteiger partial charge in [0.2, 0.25) is 0 Å². The highest BCUT2D eigenvalue weighted by atomic mass is 16.5. The molecule has 8 aromatic carbocycles. The van der Waals surface area contributed by atoms with Crippen molar-refractivity contribution in [3.8, 4) is 45.6 Å². The summed E-state index contributed by atoms with van der Waals surface area (Å²) in [5.74, 6) is 3.21. The van der Waals surface area contributed by atoms with Gasteiger partial charge in [0, 0.05) is 12.1 Å². The molecule has 8 rings (SSSR count). The van der Waals surface area contributed by atoms with Crippen LogP contribution in [0.25, 0.3) is 11.1 Å². The van der Waals surface area contributed by atoms with E-state index in [1.807, 2.05) is 170 Å². The number of esters is 2. The van der Waals surface area contributed by atoms with Crippen LogP contribution in [0.1, 0.15) is 54.1 Å². The van der Waals surface area contributed by atoms with E-state index in [-0.39, 0.29) is 19.8 Å².